The summed E-state index contributed by atoms with van der Waals surface area (Å²) >= 11 is 1.15. The third-order valence-electron chi connectivity index (χ3n) is 7.16. The monoisotopic (exact) mass is 535 g/mol. The molecule has 38 heavy (non-hydrogen) atoms. The van der Waals surface area contributed by atoms with Gasteiger partial charge in [0.2, 0.25) is 5.91 Å². The molecule has 1 unspecified atom stereocenters. The van der Waals surface area contributed by atoms with Crippen LogP contribution in [0.5, 0.6) is 6.01 Å². The number of hydrogen-bond donors (Lipinski definition) is 1. The van der Waals surface area contributed by atoms with Crippen LogP contribution in [0.3, 0.4) is 0 Å². The van der Waals surface area contributed by atoms with E-state index in [2.05, 4.69) is 41.7 Å². The Bertz CT molecular complexity index is 1240. The number of amides is 1. The van der Waals surface area contributed by atoms with Crippen molar-refractivity contribution in [2.45, 2.75) is 85.3 Å². The zero-order valence-electron chi connectivity index (χ0n) is 22.9. The first-order valence-corrected chi connectivity index (χ1v) is 14.2. The summed E-state index contributed by atoms with van der Waals surface area (Å²) in [6.45, 7) is 10.3. The van der Waals surface area contributed by atoms with Gasteiger partial charge in [-0.3, -0.25) is 4.79 Å². The van der Waals surface area contributed by atoms with Crippen molar-refractivity contribution in [2.75, 3.05) is 4.90 Å². The molecule has 8 heteroatoms. The first kappa shape index (κ1) is 27.8. The average molecular weight is 536 g/mol. The predicted octanol–water partition coefficient (Wildman–Crippen LogP) is 6.35. The standard InChI is InChI=1S/C30H37N3O4S/c1-19-7-12-24(20(2)17-19)27(34)33(21-8-10-22(11-9-21)37-29-31-15-6-16-32-29)25-18-23(13-14-30(3,4)5)38-26(25)28(35)36/h6-7,15-16,18,20-22,24H,8-12,17H2,1-5H3,(H,35,36)/t20-,21-,22-,24?/m0/s1. The lowest BCUT2D eigenvalue weighted by molar-refractivity contribution is -0.124. The van der Waals surface area contributed by atoms with Gasteiger partial charge >= 0.3 is 12.0 Å². The smallest absolute Gasteiger partial charge is 0.348 e. The van der Waals surface area contributed by atoms with Crippen LogP contribution in [-0.2, 0) is 4.79 Å². The molecule has 1 fully saturated rings. The molecule has 2 aliphatic rings. The van der Waals surface area contributed by atoms with Gasteiger partial charge in [0.25, 0.3) is 0 Å². The summed E-state index contributed by atoms with van der Waals surface area (Å²) in [5.41, 5.74) is 1.56. The molecule has 2 atom stereocenters. The van der Waals surface area contributed by atoms with E-state index in [4.69, 9.17) is 4.74 Å². The van der Waals surface area contributed by atoms with Gasteiger partial charge in [0, 0.05) is 29.8 Å². The number of carboxylic acids is 1. The molecule has 2 heterocycles. The number of anilines is 1. The fourth-order valence-electron chi connectivity index (χ4n) is 5.25. The van der Waals surface area contributed by atoms with E-state index in [0.29, 0.717) is 35.8 Å². The minimum atomic E-state index is -1.03. The Morgan fingerprint density at radius 3 is 2.45 bits per heavy atom. The van der Waals surface area contributed by atoms with Gasteiger partial charge < -0.3 is 14.7 Å². The molecule has 1 N–H and O–H groups in total. The van der Waals surface area contributed by atoms with E-state index in [9.17, 15) is 14.7 Å². The SMILES string of the molecule is CC1=CCC(C(=O)N(c2cc(C#CC(C)(C)C)sc2C(=O)O)[C@H]2CC[C@H](Oc3ncccn3)CC2)[C@@H](C)C1. The second-order valence-electron chi connectivity index (χ2n) is 11.5. The maximum atomic E-state index is 14.2. The maximum Gasteiger partial charge on any atom is 0.348 e. The largest absolute Gasteiger partial charge is 0.477 e. The van der Waals surface area contributed by atoms with Gasteiger partial charge in [0.05, 0.1) is 10.6 Å². The van der Waals surface area contributed by atoms with E-state index in [1.807, 2.05) is 20.8 Å². The van der Waals surface area contributed by atoms with E-state index >= 15 is 0 Å². The van der Waals surface area contributed by atoms with E-state index in [-0.39, 0.29) is 40.2 Å². The Labute approximate surface area is 229 Å². The van der Waals surface area contributed by atoms with Crippen LogP contribution in [-0.4, -0.2) is 39.1 Å². The molecule has 2 aromatic heterocycles. The Kier molecular flexibility index (Phi) is 8.57. The topological polar surface area (TPSA) is 92.6 Å². The molecule has 0 spiro atoms. The highest BCUT2D eigenvalue weighted by atomic mass is 32.1. The molecule has 2 aliphatic carbocycles. The molecule has 0 aromatic carbocycles. The molecular formula is C30H37N3O4S. The zero-order chi connectivity index (χ0) is 27.4. The number of ether oxygens (including phenoxy) is 1. The molecule has 202 valence electrons. The average Bonchev–Trinajstić information content (AvgIpc) is 3.28. The normalized spacial score (nSPS) is 23.6. The summed E-state index contributed by atoms with van der Waals surface area (Å²) < 4.78 is 5.98. The first-order valence-electron chi connectivity index (χ1n) is 13.3. The lowest BCUT2D eigenvalue weighted by Gasteiger charge is -2.40. The van der Waals surface area contributed by atoms with Crippen molar-refractivity contribution < 1.29 is 19.4 Å². The summed E-state index contributed by atoms with van der Waals surface area (Å²) in [5.74, 6) is 5.33. The highest BCUT2D eigenvalue weighted by Crippen LogP contribution is 2.39. The van der Waals surface area contributed by atoms with Gasteiger partial charge in [-0.15, -0.1) is 11.3 Å². The number of carbonyl (C=O) groups excluding carboxylic acids is 1. The summed E-state index contributed by atoms with van der Waals surface area (Å²) in [4.78, 5) is 37.5. The second-order valence-corrected chi connectivity index (χ2v) is 12.5. The Hall–Kier alpha value is -3.18. The van der Waals surface area contributed by atoms with Gasteiger partial charge in [-0.1, -0.05) is 30.4 Å². The van der Waals surface area contributed by atoms with E-state index in [0.717, 1.165) is 30.6 Å². The predicted molar refractivity (Wildman–Crippen MR) is 149 cm³/mol. The van der Waals surface area contributed by atoms with Gasteiger partial charge in [0.15, 0.2) is 0 Å². The summed E-state index contributed by atoms with van der Waals surface area (Å²) in [6.07, 6.45) is 9.84. The molecule has 0 saturated heterocycles. The Morgan fingerprint density at radius 2 is 1.84 bits per heavy atom. The lowest BCUT2D eigenvalue weighted by atomic mass is 9.79. The highest BCUT2D eigenvalue weighted by Gasteiger charge is 2.39. The summed E-state index contributed by atoms with van der Waals surface area (Å²) in [7, 11) is 0. The molecular weight excluding hydrogens is 498 g/mol. The third kappa shape index (κ3) is 6.82. The van der Waals surface area contributed by atoms with Crippen molar-refractivity contribution in [2.24, 2.45) is 17.3 Å². The van der Waals surface area contributed by atoms with Crippen LogP contribution in [0.25, 0.3) is 0 Å². The molecule has 0 bridgehead atoms. The van der Waals surface area contributed by atoms with Gasteiger partial charge in [0.1, 0.15) is 11.0 Å². The van der Waals surface area contributed by atoms with Crippen molar-refractivity contribution in [3.8, 4) is 17.9 Å². The summed E-state index contributed by atoms with van der Waals surface area (Å²) in [5, 5.41) is 10.1. The number of aromatic nitrogens is 2. The van der Waals surface area contributed by atoms with Crippen LogP contribution >= 0.6 is 11.3 Å². The molecule has 4 rings (SSSR count). The number of aromatic carboxylic acids is 1. The number of carbonyl (C=O) groups is 2. The van der Waals surface area contributed by atoms with Crippen LogP contribution < -0.4 is 9.64 Å². The molecule has 1 amide bonds. The lowest BCUT2D eigenvalue weighted by Crippen LogP contribution is -2.48. The fourth-order valence-corrected chi connectivity index (χ4v) is 6.09. The van der Waals surface area contributed by atoms with Crippen molar-refractivity contribution in [3.05, 3.63) is 45.9 Å². The van der Waals surface area contributed by atoms with Crippen LogP contribution in [0.2, 0.25) is 0 Å². The Balaban J connectivity index is 1.65. The van der Waals surface area contributed by atoms with Crippen LogP contribution in [0.15, 0.2) is 36.2 Å². The van der Waals surface area contributed by atoms with Gasteiger partial charge in [-0.05, 0) is 84.3 Å². The summed E-state index contributed by atoms with van der Waals surface area (Å²) in [6, 6.07) is 3.79. The number of allylic oxidation sites excluding steroid dienone is 2. The highest BCUT2D eigenvalue weighted by molar-refractivity contribution is 7.15. The minimum absolute atomic E-state index is 0.00708. The van der Waals surface area contributed by atoms with Gasteiger partial charge in [-0.2, -0.15) is 0 Å². The van der Waals surface area contributed by atoms with Crippen molar-refractivity contribution in [1.29, 1.82) is 0 Å². The maximum absolute atomic E-state index is 14.2. The zero-order valence-corrected chi connectivity index (χ0v) is 23.7. The number of rotatable bonds is 6. The molecule has 0 aliphatic heterocycles. The van der Waals surface area contributed by atoms with Crippen LogP contribution in [0.1, 0.15) is 87.7 Å². The quantitative estimate of drug-likeness (QED) is 0.342. The number of carboxylic acid groups (broad SMARTS) is 1. The Morgan fingerprint density at radius 1 is 1.16 bits per heavy atom. The van der Waals surface area contributed by atoms with Crippen LogP contribution in [0, 0.1) is 29.1 Å². The van der Waals surface area contributed by atoms with Gasteiger partial charge in [-0.25, -0.2) is 14.8 Å². The van der Waals surface area contributed by atoms with E-state index in [1.54, 1.807) is 29.4 Å². The number of nitrogens with zero attached hydrogens (tertiary/aromatic N) is 3. The van der Waals surface area contributed by atoms with Crippen molar-refractivity contribution in [3.63, 3.8) is 0 Å². The molecule has 2 aromatic rings. The van der Waals surface area contributed by atoms with Crippen LogP contribution in [0.4, 0.5) is 5.69 Å². The second kappa shape index (κ2) is 11.7. The fraction of sp³-hybridized carbons (Fsp3) is 0.533. The van der Waals surface area contributed by atoms with Crippen molar-refractivity contribution in [1.82, 2.24) is 9.97 Å². The van der Waals surface area contributed by atoms with Crippen molar-refractivity contribution >= 4 is 28.9 Å². The molecule has 0 radical (unpaired) electrons. The minimum Gasteiger partial charge on any atom is -0.477 e. The third-order valence-corrected chi connectivity index (χ3v) is 8.18. The van der Waals surface area contributed by atoms with E-state index < -0.39 is 5.97 Å². The first-order chi connectivity index (χ1) is 18.0. The molecule has 1 saturated carbocycles. The molecule has 7 nitrogen and oxygen atoms in total. The number of thiophene rings is 1. The number of hydrogen-bond acceptors (Lipinski definition) is 6. The van der Waals surface area contributed by atoms with E-state index in [1.165, 1.54) is 5.57 Å².